The summed E-state index contributed by atoms with van der Waals surface area (Å²) >= 11 is 1.90. The quantitative estimate of drug-likeness (QED) is 0.0945. The summed E-state index contributed by atoms with van der Waals surface area (Å²) in [6, 6.07) is 8.31. The van der Waals surface area contributed by atoms with Crippen LogP contribution in [0, 0.1) is 6.92 Å². The zero-order valence-electron chi connectivity index (χ0n) is 31.8. The van der Waals surface area contributed by atoms with E-state index < -0.39 is 0 Å². The van der Waals surface area contributed by atoms with Gasteiger partial charge in [0.25, 0.3) is 0 Å². The Morgan fingerprint density at radius 2 is 1.80 bits per heavy atom. The Labute approximate surface area is 325 Å². The lowest BCUT2D eigenvalue weighted by Gasteiger charge is -2.19. The SMILES string of the molecule is Cc1nnc2n1N=C(c1cccc(N(C)C(=O)CCCc3cn(CCOCCOCCOCCNC(=O)CCCCC4SC[C@@H]5NC(=O)N[C@H]45)nn3)c1)CC2. The first kappa shape index (κ1) is 40.3. The van der Waals surface area contributed by atoms with Crippen LogP contribution in [0.2, 0.25) is 0 Å². The molecule has 0 radical (unpaired) electrons. The van der Waals surface area contributed by atoms with Crippen molar-refractivity contribution >= 4 is 41.0 Å². The monoisotopic (exact) mass is 779 g/mol. The smallest absolute Gasteiger partial charge is 0.315 e. The number of carbonyl (C=O) groups is 3. The van der Waals surface area contributed by atoms with Gasteiger partial charge in [-0.25, -0.2) is 14.2 Å². The lowest BCUT2D eigenvalue weighted by molar-refractivity contribution is -0.121. The van der Waals surface area contributed by atoms with Crippen molar-refractivity contribution in [2.45, 2.75) is 88.6 Å². The molecule has 1 unspecified atom stereocenters. The molecule has 17 nitrogen and oxygen atoms in total. The van der Waals surface area contributed by atoms with Gasteiger partial charge in [-0.2, -0.15) is 16.9 Å². The van der Waals surface area contributed by atoms with E-state index in [-0.39, 0.29) is 29.9 Å². The van der Waals surface area contributed by atoms with Gasteiger partial charge in [-0.15, -0.1) is 15.3 Å². The number of hydrogen-bond acceptors (Lipinski definition) is 12. The third-order valence-corrected chi connectivity index (χ3v) is 11.4. The minimum Gasteiger partial charge on any atom is -0.377 e. The average Bonchev–Trinajstić information content (AvgIpc) is 3.98. The highest BCUT2D eigenvalue weighted by Crippen LogP contribution is 2.33. The first-order chi connectivity index (χ1) is 26.8. The Hall–Kier alpha value is -4.39. The van der Waals surface area contributed by atoms with Gasteiger partial charge < -0.3 is 35.1 Å². The van der Waals surface area contributed by atoms with Crippen molar-refractivity contribution < 1.29 is 28.6 Å². The summed E-state index contributed by atoms with van der Waals surface area (Å²) < 4.78 is 20.3. The predicted molar refractivity (Wildman–Crippen MR) is 207 cm³/mol. The molecule has 2 saturated heterocycles. The van der Waals surface area contributed by atoms with Gasteiger partial charge in [-0.1, -0.05) is 23.8 Å². The van der Waals surface area contributed by atoms with Crippen LogP contribution in [-0.2, 0) is 43.2 Å². The van der Waals surface area contributed by atoms with E-state index in [0.29, 0.717) is 83.7 Å². The Morgan fingerprint density at radius 3 is 2.65 bits per heavy atom. The van der Waals surface area contributed by atoms with Crippen LogP contribution in [0.3, 0.4) is 0 Å². The van der Waals surface area contributed by atoms with Crippen molar-refractivity contribution in [2.24, 2.45) is 5.10 Å². The molecule has 4 amide bonds. The van der Waals surface area contributed by atoms with E-state index in [1.165, 1.54) is 0 Å². The van der Waals surface area contributed by atoms with Gasteiger partial charge in [-0.3, -0.25) is 9.59 Å². The van der Waals surface area contributed by atoms with Crippen LogP contribution in [0.4, 0.5) is 10.5 Å². The van der Waals surface area contributed by atoms with Crippen LogP contribution < -0.4 is 20.9 Å². The van der Waals surface area contributed by atoms with Crippen molar-refractivity contribution in [2.75, 3.05) is 63.9 Å². The number of nitrogens with zero attached hydrogens (tertiary/aromatic N) is 8. The fourth-order valence-corrected chi connectivity index (χ4v) is 8.35. The van der Waals surface area contributed by atoms with Gasteiger partial charge in [0.05, 0.1) is 69.7 Å². The molecule has 0 saturated carbocycles. The molecule has 0 spiro atoms. The lowest BCUT2D eigenvalue weighted by Crippen LogP contribution is -2.36. The fraction of sp³-hybridized carbons (Fsp3) is 0.622. The molecule has 3 atom stereocenters. The average molecular weight is 780 g/mol. The highest BCUT2D eigenvalue weighted by atomic mass is 32.2. The van der Waals surface area contributed by atoms with E-state index in [4.69, 9.17) is 19.3 Å². The maximum Gasteiger partial charge on any atom is 0.315 e. The number of amides is 4. The van der Waals surface area contributed by atoms with Crippen LogP contribution in [0.5, 0.6) is 0 Å². The Kier molecular flexibility index (Phi) is 15.0. The molecule has 3 aliphatic heterocycles. The largest absolute Gasteiger partial charge is 0.377 e. The van der Waals surface area contributed by atoms with Crippen molar-refractivity contribution in [3.8, 4) is 0 Å². The number of aryl methyl sites for hydroxylation is 3. The normalized spacial score (nSPS) is 18.7. The molecule has 2 fully saturated rings. The number of carbonyl (C=O) groups excluding carboxylic acids is 3. The van der Waals surface area contributed by atoms with Crippen molar-refractivity contribution in [3.63, 3.8) is 0 Å². The topological polar surface area (TPSA) is 192 Å². The summed E-state index contributed by atoms with van der Waals surface area (Å²) in [6.07, 6.45) is 8.47. The van der Waals surface area contributed by atoms with E-state index >= 15 is 0 Å². The molecule has 3 aliphatic rings. The number of rotatable bonds is 23. The van der Waals surface area contributed by atoms with E-state index in [9.17, 15) is 14.4 Å². The molecule has 18 heteroatoms. The van der Waals surface area contributed by atoms with Gasteiger partial charge in [0.15, 0.2) is 11.6 Å². The molecule has 0 aliphatic carbocycles. The Bertz CT molecular complexity index is 1770. The number of aromatic nitrogens is 6. The Morgan fingerprint density at radius 1 is 0.982 bits per heavy atom. The highest BCUT2D eigenvalue weighted by Gasteiger charge is 2.42. The van der Waals surface area contributed by atoms with Crippen molar-refractivity contribution in [1.82, 2.24) is 45.8 Å². The van der Waals surface area contributed by atoms with Gasteiger partial charge in [0, 0.05) is 55.7 Å². The first-order valence-electron chi connectivity index (χ1n) is 19.3. The number of thioether (sulfide) groups is 1. The minimum absolute atomic E-state index is 0.0360. The summed E-state index contributed by atoms with van der Waals surface area (Å²) in [5, 5.41) is 30.8. The molecule has 2 aromatic heterocycles. The third-order valence-electron chi connectivity index (χ3n) is 9.88. The zero-order valence-corrected chi connectivity index (χ0v) is 32.6. The maximum absolute atomic E-state index is 13.0. The summed E-state index contributed by atoms with van der Waals surface area (Å²) in [7, 11) is 1.80. The predicted octanol–water partition coefficient (Wildman–Crippen LogP) is 2.25. The summed E-state index contributed by atoms with van der Waals surface area (Å²) in [5.74, 6) is 2.66. The van der Waals surface area contributed by atoms with Gasteiger partial charge in [0.2, 0.25) is 11.8 Å². The fourth-order valence-electron chi connectivity index (χ4n) is 6.80. The number of nitrogens with one attached hydrogen (secondary N) is 3. The van der Waals surface area contributed by atoms with E-state index in [1.54, 1.807) is 21.3 Å². The second-order valence-electron chi connectivity index (χ2n) is 13.9. The van der Waals surface area contributed by atoms with Crippen LogP contribution in [0.25, 0.3) is 0 Å². The summed E-state index contributed by atoms with van der Waals surface area (Å²) in [5.41, 5.74) is 3.61. The lowest BCUT2D eigenvalue weighted by atomic mass is 10.0. The van der Waals surface area contributed by atoms with E-state index in [1.807, 2.05) is 49.1 Å². The molecular weight excluding hydrogens is 727 g/mol. The number of fused-ring (bicyclic) bond motifs is 2. The van der Waals surface area contributed by atoms with Crippen LogP contribution in [0.15, 0.2) is 35.6 Å². The van der Waals surface area contributed by atoms with Gasteiger partial charge in [-0.05, 0) is 56.7 Å². The number of anilines is 1. The highest BCUT2D eigenvalue weighted by molar-refractivity contribution is 8.00. The van der Waals surface area contributed by atoms with Gasteiger partial charge >= 0.3 is 6.03 Å². The summed E-state index contributed by atoms with van der Waals surface area (Å²) in [6.45, 7) is 5.66. The van der Waals surface area contributed by atoms with Crippen LogP contribution >= 0.6 is 11.8 Å². The van der Waals surface area contributed by atoms with E-state index in [0.717, 1.165) is 72.2 Å². The second-order valence-corrected chi connectivity index (χ2v) is 15.2. The molecule has 0 bridgehead atoms. The minimum atomic E-state index is -0.0633. The molecule has 3 N–H and O–H groups in total. The number of urea groups is 1. The molecule has 1 aromatic carbocycles. The zero-order chi connectivity index (χ0) is 38.4. The Balaban J connectivity index is 0.737. The molecule has 55 heavy (non-hydrogen) atoms. The van der Waals surface area contributed by atoms with E-state index in [2.05, 4.69) is 36.5 Å². The van der Waals surface area contributed by atoms with Crippen LogP contribution in [0.1, 0.15) is 67.9 Å². The molecule has 298 valence electrons. The second kappa shape index (κ2) is 20.5. The van der Waals surface area contributed by atoms with Crippen molar-refractivity contribution in [3.05, 3.63) is 53.4 Å². The third kappa shape index (κ3) is 11.8. The van der Waals surface area contributed by atoms with Crippen molar-refractivity contribution in [1.29, 1.82) is 0 Å². The molecule has 6 rings (SSSR count). The molecular formula is C37H53N11O6S. The number of unbranched alkanes of at least 4 members (excludes halogenated alkanes) is 1. The number of ether oxygens (including phenoxy) is 3. The number of hydrogen-bond donors (Lipinski definition) is 3. The van der Waals surface area contributed by atoms with Gasteiger partial charge in [0.1, 0.15) is 0 Å². The first-order valence-corrected chi connectivity index (χ1v) is 20.3. The number of benzene rings is 1. The van der Waals surface area contributed by atoms with Crippen LogP contribution in [-0.4, -0.2) is 130 Å². The molecule has 3 aromatic rings. The maximum atomic E-state index is 13.0. The summed E-state index contributed by atoms with van der Waals surface area (Å²) in [4.78, 5) is 38.3. The standard InChI is InChI=1S/C37H53N11O6S/c1-26-41-43-33-14-13-30(44-48(26)33)27-7-5-9-29(23-27)46(2)35(50)12-6-8-28-24-47(45-42-28)16-18-53-20-22-54-21-19-52-17-15-38-34(49)11-4-3-10-32-36-31(25-55-32)39-37(51)40-36/h5,7,9,23-24,31-32,36H,3-4,6,8,10-22,25H2,1-2H3,(H,38,49)(H2,39,40,51)/t31-,32?,36-/m0/s1. The molecule has 5 heterocycles.